The molecule has 0 aliphatic carbocycles. The maximum atomic E-state index is 4.30. The molecule has 0 saturated heterocycles. The summed E-state index contributed by atoms with van der Waals surface area (Å²) in [5.41, 5.74) is 0. The van der Waals surface area contributed by atoms with Crippen LogP contribution in [0.5, 0.6) is 0 Å². The third-order valence-corrected chi connectivity index (χ3v) is 6.90. The van der Waals surface area contributed by atoms with Crippen molar-refractivity contribution in [2.75, 3.05) is 0 Å². The molecule has 0 unspecified atom stereocenters. The fourth-order valence-electron chi connectivity index (χ4n) is 4.30. The summed E-state index contributed by atoms with van der Waals surface area (Å²) in [7, 11) is 0. The first-order chi connectivity index (χ1) is 21.7. The third kappa shape index (κ3) is 14.0. The second-order valence-electron chi connectivity index (χ2n) is 12.7. The van der Waals surface area contributed by atoms with Crippen LogP contribution in [0.4, 0.5) is 0 Å². The Morgan fingerprint density at radius 2 is 1.13 bits per heavy atom. The van der Waals surface area contributed by atoms with E-state index in [2.05, 4.69) is 139 Å². The van der Waals surface area contributed by atoms with Crippen LogP contribution in [0.1, 0.15) is 144 Å². The van der Waals surface area contributed by atoms with Gasteiger partial charge in [0.15, 0.2) is 0 Å². The molecule has 0 fully saturated rings. The number of nitrogens with zero attached hydrogens (tertiary/aromatic N) is 11. The number of hydrogen-bond acceptors (Lipinski definition) is 6. The van der Waals surface area contributed by atoms with Gasteiger partial charge in [-0.15, -0.1) is 5.10 Å². The van der Waals surface area contributed by atoms with Crippen LogP contribution in [-0.2, 0) is 6.42 Å². The Bertz CT molecular complexity index is 1340. The molecule has 0 saturated carbocycles. The lowest BCUT2D eigenvalue weighted by Gasteiger charge is -2.13. The van der Waals surface area contributed by atoms with E-state index in [9.17, 15) is 0 Å². The predicted octanol–water partition coefficient (Wildman–Crippen LogP) is 8.71. The van der Waals surface area contributed by atoms with Gasteiger partial charge in [0, 0.05) is 98.3 Å². The zero-order chi connectivity index (χ0) is 34.8. The molecule has 11 nitrogen and oxygen atoms in total. The van der Waals surface area contributed by atoms with Crippen LogP contribution in [0.25, 0.3) is 0 Å². The lowest BCUT2D eigenvalue weighted by atomic mass is 10.2. The molecule has 256 valence electrons. The van der Waals surface area contributed by atoms with Gasteiger partial charge in [0.05, 0.1) is 12.5 Å². The summed E-state index contributed by atoms with van der Waals surface area (Å²) in [4.78, 5) is 16.5. The molecule has 0 aromatic carbocycles. The summed E-state index contributed by atoms with van der Waals surface area (Å²) in [5, 5.41) is 7.44. The molecule has 0 bridgehead atoms. The Hall–Kier alpha value is -4.02. The molecule has 11 heteroatoms. The van der Waals surface area contributed by atoms with E-state index in [1.807, 2.05) is 62.8 Å². The molecule has 5 aromatic rings. The average Bonchev–Trinajstić information content (AvgIpc) is 3.83. The van der Waals surface area contributed by atoms with E-state index < -0.39 is 0 Å². The van der Waals surface area contributed by atoms with Crippen LogP contribution in [0.2, 0.25) is 0 Å². The van der Waals surface area contributed by atoms with Gasteiger partial charge in [-0.25, -0.2) is 19.9 Å². The SMILES string of the molecule is CC(C)c1nccn1C(C)C.CC(C)n1ccnc1.CC(C)n1ccnn1.CCc1nccn1C(C)C.Cc1nccn1C(C)C. The Kier molecular flexibility index (Phi) is 18.2. The van der Waals surface area contributed by atoms with Gasteiger partial charge in [0.25, 0.3) is 0 Å². The first-order valence-corrected chi connectivity index (χ1v) is 16.6. The summed E-state index contributed by atoms with van der Waals surface area (Å²) in [6.07, 6.45) is 21.8. The zero-order valence-corrected chi connectivity index (χ0v) is 30.9. The van der Waals surface area contributed by atoms with Crippen molar-refractivity contribution in [1.82, 2.24) is 53.2 Å². The van der Waals surface area contributed by atoms with E-state index in [1.165, 1.54) is 11.6 Å². The summed E-state index contributed by atoms with van der Waals surface area (Å²) in [5.74, 6) is 3.97. The highest BCUT2D eigenvalue weighted by Crippen LogP contribution is 2.16. The maximum absolute atomic E-state index is 4.30. The van der Waals surface area contributed by atoms with Crippen LogP contribution in [-0.4, -0.2) is 53.2 Å². The molecule has 5 heterocycles. The highest BCUT2D eigenvalue weighted by molar-refractivity contribution is 4.99. The van der Waals surface area contributed by atoms with Crippen molar-refractivity contribution in [3.05, 3.63) is 85.8 Å². The molecule has 5 aromatic heterocycles. The van der Waals surface area contributed by atoms with Gasteiger partial charge in [-0.3, -0.25) is 4.68 Å². The molecule has 0 amide bonds. The number of hydrogen-bond donors (Lipinski definition) is 0. The minimum atomic E-state index is 0.428. The van der Waals surface area contributed by atoms with Crippen molar-refractivity contribution in [3.8, 4) is 0 Å². The molecule has 0 spiro atoms. The smallest absolute Gasteiger partial charge is 0.111 e. The monoisotopic (exact) mass is 636 g/mol. The molecule has 0 atom stereocenters. The molecule has 46 heavy (non-hydrogen) atoms. The second-order valence-corrected chi connectivity index (χ2v) is 12.7. The van der Waals surface area contributed by atoms with Crippen LogP contribution >= 0.6 is 0 Å². The van der Waals surface area contributed by atoms with Crippen molar-refractivity contribution >= 4 is 0 Å². The molecule has 0 aliphatic rings. The maximum Gasteiger partial charge on any atom is 0.111 e. The predicted molar refractivity (Wildman–Crippen MR) is 189 cm³/mol. The Labute approximate surface area is 278 Å². The number of aromatic nitrogens is 11. The van der Waals surface area contributed by atoms with Crippen molar-refractivity contribution in [3.63, 3.8) is 0 Å². The topological polar surface area (TPSA) is 102 Å². The lowest BCUT2D eigenvalue weighted by molar-refractivity contribution is 0.514. The van der Waals surface area contributed by atoms with Crippen molar-refractivity contribution < 1.29 is 0 Å². The van der Waals surface area contributed by atoms with Crippen molar-refractivity contribution in [1.29, 1.82) is 0 Å². The van der Waals surface area contributed by atoms with E-state index >= 15 is 0 Å². The minimum absolute atomic E-state index is 0.428. The van der Waals surface area contributed by atoms with E-state index in [4.69, 9.17) is 0 Å². The zero-order valence-electron chi connectivity index (χ0n) is 30.9. The highest BCUT2D eigenvalue weighted by Gasteiger charge is 2.08. The minimum Gasteiger partial charge on any atom is -0.335 e. The quantitative estimate of drug-likeness (QED) is 0.177. The van der Waals surface area contributed by atoms with Gasteiger partial charge >= 0.3 is 0 Å². The van der Waals surface area contributed by atoms with Crippen molar-refractivity contribution in [2.45, 2.75) is 139 Å². The van der Waals surface area contributed by atoms with Crippen LogP contribution in [0.3, 0.4) is 0 Å². The van der Waals surface area contributed by atoms with E-state index in [-0.39, 0.29) is 0 Å². The van der Waals surface area contributed by atoms with E-state index in [0.29, 0.717) is 36.1 Å². The highest BCUT2D eigenvalue weighted by atomic mass is 15.4. The first-order valence-electron chi connectivity index (χ1n) is 16.6. The lowest BCUT2D eigenvalue weighted by Crippen LogP contribution is -2.06. The fraction of sp³-hybridized carbons (Fsp3) is 0.600. The molecule has 0 radical (unpaired) electrons. The molecular weight excluding hydrogens is 574 g/mol. The van der Waals surface area contributed by atoms with Crippen molar-refractivity contribution in [2.24, 2.45) is 0 Å². The Morgan fingerprint density at radius 1 is 0.565 bits per heavy atom. The summed E-state index contributed by atoms with van der Waals surface area (Å²) < 4.78 is 10.4. The van der Waals surface area contributed by atoms with Crippen LogP contribution in [0.15, 0.2) is 68.3 Å². The van der Waals surface area contributed by atoms with E-state index in [0.717, 1.165) is 12.2 Å². The van der Waals surface area contributed by atoms with Gasteiger partial charge in [-0.2, -0.15) is 0 Å². The summed E-state index contributed by atoms with van der Waals surface area (Å²) in [6, 6.07) is 2.56. The normalized spacial score (nSPS) is 10.8. The van der Waals surface area contributed by atoms with Gasteiger partial charge < -0.3 is 18.3 Å². The first kappa shape index (κ1) is 40.0. The van der Waals surface area contributed by atoms with Gasteiger partial charge in [0.1, 0.15) is 17.5 Å². The Balaban J connectivity index is 0.000000289. The molecular formula is C35H61N11. The number of aryl methyl sites for hydroxylation is 2. The van der Waals surface area contributed by atoms with Gasteiger partial charge in [-0.1, -0.05) is 26.0 Å². The van der Waals surface area contributed by atoms with E-state index in [1.54, 1.807) is 17.1 Å². The molecule has 0 aliphatic heterocycles. The average molecular weight is 636 g/mol. The standard InChI is InChI=1S/C9H16N2.C8H14N2.C7H12N2.C6H10N2.C5H9N3/c1-7(2)9-10-5-6-11(9)8(3)4;1-4-8-9-5-6-10(8)7(2)3;1-6(2)9-5-4-8-7(9)3;1-6(2)8-4-3-7-5-8;1-5(2)8-4-3-6-7-8/h5-8H,1-4H3;5-7H,4H2,1-3H3;4-6H,1-3H3;3-6H,1-2H3;3-5H,1-2H3. The van der Waals surface area contributed by atoms with Crippen LogP contribution < -0.4 is 0 Å². The molecule has 5 rings (SSSR count). The van der Waals surface area contributed by atoms with Gasteiger partial charge in [-0.05, 0) is 76.2 Å². The number of rotatable bonds is 7. The number of imidazole rings is 4. The summed E-state index contributed by atoms with van der Waals surface area (Å²) in [6.45, 7) is 29.8. The Morgan fingerprint density at radius 3 is 1.43 bits per heavy atom. The fourth-order valence-corrected chi connectivity index (χ4v) is 4.30. The largest absolute Gasteiger partial charge is 0.335 e. The van der Waals surface area contributed by atoms with Gasteiger partial charge in [0.2, 0.25) is 0 Å². The van der Waals surface area contributed by atoms with Crippen LogP contribution in [0, 0.1) is 6.92 Å². The molecule has 0 N–H and O–H groups in total. The summed E-state index contributed by atoms with van der Waals surface area (Å²) >= 11 is 0. The third-order valence-electron chi connectivity index (χ3n) is 6.90. The second kappa shape index (κ2) is 20.9.